The lowest BCUT2D eigenvalue weighted by Crippen LogP contribution is -2.41. The SMILES string of the molecule is CC(NN)C1CCN(C(=O)OC(C)(C)C)C1. The minimum Gasteiger partial charge on any atom is -0.444 e. The second-order valence-corrected chi connectivity index (χ2v) is 5.43. The summed E-state index contributed by atoms with van der Waals surface area (Å²) in [4.78, 5) is 13.5. The molecule has 0 saturated carbocycles. The summed E-state index contributed by atoms with van der Waals surface area (Å²) in [6.07, 6.45) is 0.754. The van der Waals surface area contributed by atoms with Crippen molar-refractivity contribution in [3.8, 4) is 0 Å². The quantitative estimate of drug-likeness (QED) is 0.549. The third-order valence-corrected chi connectivity index (χ3v) is 2.85. The van der Waals surface area contributed by atoms with Gasteiger partial charge in [0.2, 0.25) is 0 Å². The van der Waals surface area contributed by atoms with E-state index < -0.39 is 5.60 Å². The fourth-order valence-corrected chi connectivity index (χ4v) is 1.82. The number of ether oxygens (including phenoxy) is 1. The van der Waals surface area contributed by atoms with Crippen molar-refractivity contribution in [3.63, 3.8) is 0 Å². The molecule has 5 nitrogen and oxygen atoms in total. The van der Waals surface area contributed by atoms with E-state index in [1.165, 1.54) is 0 Å². The number of carbonyl (C=O) groups is 1. The maximum absolute atomic E-state index is 11.8. The van der Waals surface area contributed by atoms with Gasteiger partial charge in [0, 0.05) is 19.1 Å². The molecule has 0 aromatic heterocycles. The summed E-state index contributed by atoms with van der Waals surface area (Å²) >= 11 is 0. The van der Waals surface area contributed by atoms with E-state index in [0.29, 0.717) is 5.92 Å². The first-order valence-electron chi connectivity index (χ1n) is 5.77. The number of carbonyl (C=O) groups excluding carboxylic acids is 1. The summed E-state index contributed by atoms with van der Waals surface area (Å²) in [6, 6.07) is 0.229. The average molecular weight is 229 g/mol. The molecule has 1 rings (SSSR count). The lowest BCUT2D eigenvalue weighted by molar-refractivity contribution is 0.0286. The van der Waals surface area contributed by atoms with Gasteiger partial charge in [0.1, 0.15) is 5.60 Å². The van der Waals surface area contributed by atoms with Crippen molar-refractivity contribution in [1.29, 1.82) is 0 Å². The van der Waals surface area contributed by atoms with Gasteiger partial charge in [-0.15, -0.1) is 0 Å². The van der Waals surface area contributed by atoms with Gasteiger partial charge < -0.3 is 9.64 Å². The van der Waals surface area contributed by atoms with Gasteiger partial charge in [0.05, 0.1) is 0 Å². The Morgan fingerprint density at radius 1 is 1.56 bits per heavy atom. The summed E-state index contributed by atoms with van der Waals surface area (Å²) in [6.45, 7) is 9.14. The van der Waals surface area contributed by atoms with Gasteiger partial charge in [-0.1, -0.05) is 0 Å². The zero-order chi connectivity index (χ0) is 12.3. The predicted octanol–water partition coefficient (Wildman–Crippen LogP) is 1.10. The van der Waals surface area contributed by atoms with E-state index in [0.717, 1.165) is 19.5 Å². The largest absolute Gasteiger partial charge is 0.444 e. The van der Waals surface area contributed by atoms with Crippen LogP contribution < -0.4 is 11.3 Å². The van der Waals surface area contributed by atoms with Gasteiger partial charge in [-0.2, -0.15) is 0 Å². The highest BCUT2D eigenvalue weighted by atomic mass is 16.6. The molecule has 0 aromatic carbocycles. The van der Waals surface area contributed by atoms with Crippen LogP contribution in [0.25, 0.3) is 0 Å². The number of hydrazine groups is 1. The molecule has 0 bridgehead atoms. The molecule has 0 aliphatic carbocycles. The number of nitrogens with one attached hydrogen (secondary N) is 1. The average Bonchev–Trinajstić information content (AvgIpc) is 2.62. The van der Waals surface area contributed by atoms with Crippen LogP contribution in [-0.2, 0) is 4.74 Å². The normalized spacial score (nSPS) is 23.3. The molecule has 1 aliphatic heterocycles. The van der Waals surface area contributed by atoms with Gasteiger partial charge in [0.15, 0.2) is 0 Å². The first kappa shape index (κ1) is 13.3. The Balaban J connectivity index is 2.44. The third-order valence-electron chi connectivity index (χ3n) is 2.85. The minimum atomic E-state index is -0.424. The van der Waals surface area contributed by atoms with Crippen LogP contribution in [0.1, 0.15) is 34.1 Å². The van der Waals surface area contributed by atoms with Gasteiger partial charge in [-0.3, -0.25) is 11.3 Å². The lowest BCUT2D eigenvalue weighted by Gasteiger charge is -2.25. The first-order valence-corrected chi connectivity index (χ1v) is 5.77. The molecule has 1 amide bonds. The molecule has 0 spiro atoms. The van der Waals surface area contributed by atoms with E-state index in [1.54, 1.807) is 4.90 Å². The van der Waals surface area contributed by atoms with Crippen molar-refractivity contribution < 1.29 is 9.53 Å². The Bertz CT molecular complexity index is 250. The van der Waals surface area contributed by atoms with Crippen molar-refractivity contribution in [1.82, 2.24) is 10.3 Å². The Morgan fingerprint density at radius 2 is 2.19 bits per heavy atom. The summed E-state index contributed by atoms with van der Waals surface area (Å²) in [7, 11) is 0. The Kier molecular flexibility index (Phi) is 4.15. The zero-order valence-corrected chi connectivity index (χ0v) is 10.6. The lowest BCUT2D eigenvalue weighted by atomic mass is 10.0. The number of amides is 1. The van der Waals surface area contributed by atoms with Crippen molar-refractivity contribution in [2.45, 2.75) is 45.8 Å². The molecule has 2 atom stereocenters. The molecule has 5 heteroatoms. The number of nitrogens with zero attached hydrogens (tertiary/aromatic N) is 1. The molecule has 1 fully saturated rings. The molecular weight excluding hydrogens is 206 g/mol. The smallest absolute Gasteiger partial charge is 0.410 e. The summed E-state index contributed by atoms with van der Waals surface area (Å²) in [5.74, 6) is 5.80. The van der Waals surface area contributed by atoms with Crippen LogP contribution in [-0.4, -0.2) is 35.7 Å². The van der Waals surface area contributed by atoms with E-state index in [2.05, 4.69) is 5.43 Å². The number of nitrogens with two attached hydrogens (primary N) is 1. The van der Waals surface area contributed by atoms with E-state index in [9.17, 15) is 4.79 Å². The highest BCUT2D eigenvalue weighted by molar-refractivity contribution is 5.68. The highest BCUT2D eigenvalue weighted by Crippen LogP contribution is 2.21. The van der Waals surface area contributed by atoms with E-state index in [1.807, 2.05) is 27.7 Å². The Hall–Kier alpha value is -0.810. The molecule has 16 heavy (non-hydrogen) atoms. The van der Waals surface area contributed by atoms with E-state index in [-0.39, 0.29) is 12.1 Å². The minimum absolute atomic E-state index is 0.223. The van der Waals surface area contributed by atoms with Crippen LogP contribution in [0.4, 0.5) is 4.79 Å². The second-order valence-electron chi connectivity index (χ2n) is 5.43. The number of hydrogen-bond donors (Lipinski definition) is 2. The standard InChI is InChI=1S/C11H23N3O2/c1-8(13-12)9-5-6-14(7-9)10(15)16-11(2,3)4/h8-9,13H,5-7,12H2,1-4H3. The van der Waals surface area contributed by atoms with Gasteiger partial charge >= 0.3 is 6.09 Å². The van der Waals surface area contributed by atoms with Gasteiger partial charge in [0.25, 0.3) is 0 Å². The summed E-state index contributed by atoms with van der Waals surface area (Å²) in [5, 5.41) is 0. The van der Waals surface area contributed by atoms with Crippen LogP contribution in [0.3, 0.4) is 0 Å². The maximum Gasteiger partial charge on any atom is 0.410 e. The van der Waals surface area contributed by atoms with Crippen molar-refractivity contribution in [3.05, 3.63) is 0 Å². The second kappa shape index (κ2) is 5.01. The predicted molar refractivity (Wildman–Crippen MR) is 62.7 cm³/mol. The maximum atomic E-state index is 11.8. The zero-order valence-electron chi connectivity index (χ0n) is 10.6. The van der Waals surface area contributed by atoms with Crippen LogP contribution in [0.5, 0.6) is 0 Å². The summed E-state index contributed by atoms with van der Waals surface area (Å²) in [5.41, 5.74) is 2.31. The topological polar surface area (TPSA) is 67.6 Å². The van der Waals surface area contributed by atoms with Crippen LogP contribution in [0.15, 0.2) is 0 Å². The number of rotatable bonds is 2. The number of likely N-dealkylation sites (tertiary alicyclic amines) is 1. The van der Waals surface area contributed by atoms with Gasteiger partial charge in [-0.25, -0.2) is 4.79 Å². The van der Waals surface area contributed by atoms with Crippen LogP contribution in [0, 0.1) is 5.92 Å². The first-order chi connectivity index (χ1) is 7.33. The van der Waals surface area contributed by atoms with E-state index in [4.69, 9.17) is 10.6 Å². The molecule has 0 radical (unpaired) electrons. The monoisotopic (exact) mass is 229 g/mol. The molecular formula is C11H23N3O2. The molecule has 1 saturated heterocycles. The Morgan fingerprint density at radius 3 is 2.69 bits per heavy atom. The fraction of sp³-hybridized carbons (Fsp3) is 0.909. The third kappa shape index (κ3) is 3.64. The number of hydrogen-bond acceptors (Lipinski definition) is 4. The fourth-order valence-electron chi connectivity index (χ4n) is 1.82. The van der Waals surface area contributed by atoms with Gasteiger partial charge in [-0.05, 0) is 40.0 Å². The highest BCUT2D eigenvalue weighted by Gasteiger charge is 2.31. The molecule has 94 valence electrons. The van der Waals surface area contributed by atoms with Crippen molar-refractivity contribution in [2.75, 3.05) is 13.1 Å². The van der Waals surface area contributed by atoms with Crippen LogP contribution in [0.2, 0.25) is 0 Å². The molecule has 1 aliphatic rings. The summed E-state index contributed by atoms with van der Waals surface area (Å²) < 4.78 is 5.32. The van der Waals surface area contributed by atoms with Crippen molar-refractivity contribution >= 4 is 6.09 Å². The van der Waals surface area contributed by atoms with Crippen LogP contribution >= 0.6 is 0 Å². The Labute approximate surface area is 97.3 Å². The molecule has 3 N–H and O–H groups in total. The van der Waals surface area contributed by atoms with Crippen molar-refractivity contribution in [2.24, 2.45) is 11.8 Å². The molecule has 1 heterocycles. The molecule has 0 aromatic rings. The molecule has 2 unspecified atom stereocenters. The van der Waals surface area contributed by atoms with E-state index >= 15 is 0 Å².